The third kappa shape index (κ3) is 4.34. The van der Waals surface area contributed by atoms with Gasteiger partial charge in [0.05, 0.1) is 40.1 Å². The molecule has 0 bridgehead atoms. The highest BCUT2D eigenvalue weighted by atomic mass is 32.2. The molecule has 0 saturated heterocycles. The topological polar surface area (TPSA) is 110 Å². The van der Waals surface area contributed by atoms with Crippen molar-refractivity contribution in [3.05, 3.63) is 89.4 Å². The van der Waals surface area contributed by atoms with E-state index in [1.807, 2.05) is 49.4 Å². The van der Waals surface area contributed by atoms with Crippen LogP contribution in [-0.2, 0) is 23.0 Å². The molecule has 44 heavy (non-hydrogen) atoms. The van der Waals surface area contributed by atoms with Gasteiger partial charge in [-0.15, -0.1) is 0 Å². The molecule has 3 aromatic carbocycles. The second-order valence-corrected chi connectivity index (χ2v) is 13.1. The first-order valence-electron chi connectivity index (χ1n) is 14.0. The number of rotatable bonds is 5. The fraction of sp³-hybridized carbons (Fsp3) is 0.182. The molecule has 9 nitrogen and oxygen atoms in total. The van der Waals surface area contributed by atoms with Crippen LogP contribution >= 0.6 is 0 Å². The minimum Gasteiger partial charge on any atom is -0.455 e. The molecule has 1 N–H and O–H groups in total. The number of sulfonamides is 1. The number of nitrogens with one attached hydrogen (secondary N) is 1. The van der Waals surface area contributed by atoms with Gasteiger partial charge in [-0.3, -0.25) is 9.10 Å². The summed E-state index contributed by atoms with van der Waals surface area (Å²) < 4.78 is 49.8. The van der Waals surface area contributed by atoms with E-state index in [4.69, 9.17) is 4.42 Å². The van der Waals surface area contributed by atoms with Gasteiger partial charge in [0.1, 0.15) is 17.2 Å². The van der Waals surface area contributed by atoms with Crippen molar-refractivity contribution in [3.8, 4) is 33.8 Å². The molecule has 0 aliphatic carbocycles. The highest BCUT2D eigenvalue weighted by Gasteiger charge is 2.28. The van der Waals surface area contributed by atoms with E-state index < -0.39 is 10.0 Å². The number of hydrogen-bond acceptors (Lipinski definition) is 6. The molecular formula is C33H28FN5O4S. The highest BCUT2D eigenvalue weighted by Crippen LogP contribution is 2.42. The molecule has 3 aromatic heterocycles. The summed E-state index contributed by atoms with van der Waals surface area (Å²) >= 11 is 0. The molecule has 11 heteroatoms. The van der Waals surface area contributed by atoms with Gasteiger partial charge >= 0.3 is 0 Å². The molecule has 0 saturated carbocycles. The maximum absolute atomic E-state index is 14.7. The van der Waals surface area contributed by atoms with Crippen LogP contribution in [0.25, 0.3) is 55.7 Å². The highest BCUT2D eigenvalue weighted by molar-refractivity contribution is 7.92. The van der Waals surface area contributed by atoms with Crippen LogP contribution in [0.3, 0.4) is 0 Å². The van der Waals surface area contributed by atoms with E-state index in [1.165, 1.54) is 13.1 Å². The number of carbonyl (C=O) groups excluding carboxylic acids is 1. The summed E-state index contributed by atoms with van der Waals surface area (Å²) in [6.45, 7) is 2.60. The van der Waals surface area contributed by atoms with Crippen molar-refractivity contribution in [2.24, 2.45) is 0 Å². The van der Waals surface area contributed by atoms with Crippen molar-refractivity contribution >= 4 is 43.5 Å². The summed E-state index contributed by atoms with van der Waals surface area (Å²) in [6.07, 6.45) is 1.72. The van der Waals surface area contributed by atoms with Crippen LogP contribution < -0.4 is 9.62 Å². The molecule has 4 heterocycles. The van der Waals surface area contributed by atoms with Crippen LogP contribution in [0, 0.1) is 12.7 Å². The van der Waals surface area contributed by atoms with Gasteiger partial charge in [-0.05, 0) is 37.3 Å². The Labute approximate surface area is 253 Å². The van der Waals surface area contributed by atoms with Crippen molar-refractivity contribution in [3.63, 3.8) is 0 Å². The van der Waals surface area contributed by atoms with Gasteiger partial charge in [0.15, 0.2) is 0 Å². The van der Waals surface area contributed by atoms with Crippen molar-refractivity contribution in [2.45, 2.75) is 19.9 Å². The SMILES string of the molecule is CNC(=O)c1c(-c2ccc(C)cc2)oc2cc(N(C)S(C)(=O)=O)c(-c3cc4c(nn3)CCn3c-4cc4c(F)cccc43)cc12. The van der Waals surface area contributed by atoms with E-state index in [9.17, 15) is 17.6 Å². The molecule has 0 radical (unpaired) electrons. The predicted octanol–water partition coefficient (Wildman–Crippen LogP) is 5.94. The summed E-state index contributed by atoms with van der Waals surface area (Å²) in [6, 6.07) is 19.6. The number of hydrogen-bond donors (Lipinski definition) is 1. The molecule has 0 fully saturated rings. The first kappa shape index (κ1) is 27.8. The van der Waals surface area contributed by atoms with Crippen LogP contribution in [0.2, 0.25) is 0 Å². The van der Waals surface area contributed by atoms with E-state index in [1.54, 1.807) is 25.2 Å². The average Bonchev–Trinajstić information content (AvgIpc) is 3.59. The third-order valence-electron chi connectivity index (χ3n) is 8.30. The summed E-state index contributed by atoms with van der Waals surface area (Å²) in [7, 11) is -0.706. The number of halogens is 1. The van der Waals surface area contributed by atoms with Crippen LogP contribution in [0.5, 0.6) is 0 Å². The Morgan fingerprint density at radius 3 is 2.52 bits per heavy atom. The number of fused-ring (bicyclic) bond motifs is 6. The van der Waals surface area contributed by atoms with Crippen LogP contribution in [0.15, 0.2) is 71.1 Å². The zero-order valence-electron chi connectivity index (χ0n) is 24.5. The first-order chi connectivity index (χ1) is 21.0. The molecule has 222 valence electrons. The van der Waals surface area contributed by atoms with E-state index >= 15 is 0 Å². The zero-order chi connectivity index (χ0) is 30.9. The average molecular weight is 610 g/mol. The van der Waals surface area contributed by atoms with Crippen molar-refractivity contribution in [1.82, 2.24) is 20.1 Å². The number of nitrogens with zero attached hydrogens (tertiary/aromatic N) is 4. The largest absolute Gasteiger partial charge is 0.455 e. The smallest absolute Gasteiger partial charge is 0.255 e. The fourth-order valence-electron chi connectivity index (χ4n) is 5.92. The monoisotopic (exact) mass is 609 g/mol. The lowest BCUT2D eigenvalue weighted by Crippen LogP contribution is -2.25. The second kappa shape index (κ2) is 10.0. The lowest BCUT2D eigenvalue weighted by molar-refractivity contribution is 0.0964. The predicted molar refractivity (Wildman–Crippen MR) is 169 cm³/mol. The molecule has 0 atom stereocenters. The third-order valence-corrected chi connectivity index (χ3v) is 9.49. The molecule has 0 unspecified atom stereocenters. The van der Waals surface area contributed by atoms with Crippen LogP contribution in [0.4, 0.5) is 10.1 Å². The summed E-state index contributed by atoms with van der Waals surface area (Å²) in [5.74, 6) is -0.285. The van der Waals surface area contributed by atoms with E-state index in [0.717, 1.165) is 38.6 Å². The summed E-state index contributed by atoms with van der Waals surface area (Å²) in [4.78, 5) is 13.3. The maximum atomic E-state index is 14.7. The molecule has 1 aliphatic rings. The number of furan rings is 1. The summed E-state index contributed by atoms with van der Waals surface area (Å²) in [5, 5.41) is 12.8. The molecule has 0 spiro atoms. The van der Waals surface area contributed by atoms with Gasteiger partial charge in [0, 0.05) is 60.6 Å². The van der Waals surface area contributed by atoms with Crippen LogP contribution in [-0.4, -0.2) is 49.4 Å². The van der Waals surface area contributed by atoms with Crippen molar-refractivity contribution < 1.29 is 22.0 Å². The Morgan fingerprint density at radius 2 is 1.80 bits per heavy atom. The number of aryl methyl sites for hydroxylation is 3. The molecule has 1 aliphatic heterocycles. The first-order valence-corrected chi connectivity index (χ1v) is 15.9. The number of carbonyl (C=O) groups is 1. The number of anilines is 1. The lowest BCUT2D eigenvalue weighted by Gasteiger charge is -2.22. The van der Waals surface area contributed by atoms with Crippen LogP contribution in [0.1, 0.15) is 21.6 Å². The Hall–Kier alpha value is -5.03. The van der Waals surface area contributed by atoms with Crippen molar-refractivity contribution in [1.29, 1.82) is 0 Å². The molecule has 7 rings (SSSR count). The van der Waals surface area contributed by atoms with Gasteiger partial charge in [0.25, 0.3) is 5.91 Å². The Balaban J connectivity index is 1.50. The minimum absolute atomic E-state index is 0.304. The Bertz CT molecular complexity index is 2250. The molecule has 1 amide bonds. The van der Waals surface area contributed by atoms with Gasteiger partial charge in [-0.2, -0.15) is 10.2 Å². The van der Waals surface area contributed by atoms with Gasteiger partial charge in [-0.1, -0.05) is 35.9 Å². The van der Waals surface area contributed by atoms with E-state index in [0.29, 0.717) is 63.2 Å². The maximum Gasteiger partial charge on any atom is 0.255 e. The lowest BCUT2D eigenvalue weighted by atomic mass is 9.98. The number of benzene rings is 3. The molecular weight excluding hydrogens is 581 g/mol. The van der Waals surface area contributed by atoms with Gasteiger partial charge < -0.3 is 14.3 Å². The van der Waals surface area contributed by atoms with E-state index in [-0.39, 0.29) is 11.7 Å². The number of aromatic nitrogens is 3. The van der Waals surface area contributed by atoms with E-state index in [2.05, 4.69) is 20.1 Å². The number of amides is 1. The normalized spacial score (nSPS) is 12.8. The second-order valence-electron chi connectivity index (χ2n) is 11.0. The Morgan fingerprint density at radius 1 is 1.02 bits per heavy atom. The van der Waals surface area contributed by atoms with Gasteiger partial charge in [-0.25, -0.2) is 12.8 Å². The minimum atomic E-state index is -3.71. The standard InChI is InChI=1S/C33H28FN5O4S/c1-18-8-10-19(11-9-18)32-31(33(40)35-2)23-14-21(28(17-30(23)43-32)38(3)44(4,41)42)26-15-22-25(36-37-26)12-13-39-27-7-5-6-24(34)20(27)16-29(22)39/h5-11,14-17H,12-13H2,1-4H3,(H,35,40). The zero-order valence-corrected chi connectivity index (χ0v) is 25.3. The van der Waals surface area contributed by atoms with Crippen molar-refractivity contribution in [2.75, 3.05) is 24.7 Å². The quantitative estimate of drug-likeness (QED) is 0.259. The summed E-state index contributed by atoms with van der Waals surface area (Å²) in [5.41, 5.74) is 6.72. The molecule has 6 aromatic rings. The Kier molecular flexibility index (Phi) is 6.33. The van der Waals surface area contributed by atoms with Gasteiger partial charge in [0.2, 0.25) is 10.0 Å². The fourth-order valence-corrected chi connectivity index (χ4v) is 6.43.